The minimum atomic E-state index is -0.574. The molecule has 0 aliphatic rings. The summed E-state index contributed by atoms with van der Waals surface area (Å²) in [5.41, 5.74) is 3.66. The topological polar surface area (TPSA) is 72.7 Å². The van der Waals surface area contributed by atoms with Crippen molar-refractivity contribution in [1.29, 1.82) is 0 Å². The van der Waals surface area contributed by atoms with Crippen molar-refractivity contribution < 1.29 is 9.53 Å². The third-order valence-corrected chi connectivity index (χ3v) is 4.26. The van der Waals surface area contributed by atoms with E-state index in [4.69, 9.17) is 16.3 Å². The van der Waals surface area contributed by atoms with Crippen molar-refractivity contribution in [1.82, 2.24) is 9.99 Å². The van der Waals surface area contributed by atoms with Crippen LogP contribution in [0.2, 0.25) is 5.02 Å². The lowest BCUT2D eigenvalue weighted by Crippen LogP contribution is -2.30. The van der Waals surface area contributed by atoms with Gasteiger partial charge in [-0.05, 0) is 47.5 Å². The summed E-state index contributed by atoms with van der Waals surface area (Å²) in [6, 6.07) is 17.5. The van der Waals surface area contributed by atoms with E-state index in [1.165, 1.54) is 16.8 Å². The van der Waals surface area contributed by atoms with Gasteiger partial charge in [-0.2, -0.15) is 5.10 Å². The lowest BCUT2D eigenvalue weighted by atomic mass is 10.2. The molecule has 2 aromatic carbocycles. The number of hydrogen-bond donors (Lipinski definition) is 1. The Morgan fingerprint density at radius 2 is 1.96 bits per heavy atom. The number of aromatic nitrogens is 1. The summed E-state index contributed by atoms with van der Waals surface area (Å²) in [7, 11) is 1.57. The van der Waals surface area contributed by atoms with Crippen LogP contribution in [-0.4, -0.2) is 23.8 Å². The number of carbonyl (C=O) groups is 1. The lowest BCUT2D eigenvalue weighted by molar-refractivity contribution is 0.0953. The van der Waals surface area contributed by atoms with E-state index in [1.54, 1.807) is 37.6 Å². The summed E-state index contributed by atoms with van der Waals surface area (Å²) >= 11 is 5.88. The first-order valence-corrected chi connectivity index (χ1v) is 8.86. The van der Waals surface area contributed by atoms with Crippen molar-refractivity contribution in [3.8, 4) is 5.75 Å². The SMILES string of the molecule is COc1cccc(/C=N\NC(=O)c2cccn(Cc3ccc(Cl)cc3)c2=O)c1. The fraction of sp³-hybridized carbons (Fsp3) is 0.0952. The quantitative estimate of drug-likeness (QED) is 0.514. The van der Waals surface area contributed by atoms with E-state index in [0.29, 0.717) is 17.3 Å². The zero-order valence-electron chi connectivity index (χ0n) is 15.1. The highest BCUT2D eigenvalue weighted by Gasteiger charge is 2.11. The van der Waals surface area contributed by atoms with Crippen LogP contribution in [0.25, 0.3) is 0 Å². The molecule has 1 N–H and O–H groups in total. The van der Waals surface area contributed by atoms with Crippen LogP contribution in [0.1, 0.15) is 21.5 Å². The molecule has 28 heavy (non-hydrogen) atoms. The Bertz CT molecular complexity index is 1060. The van der Waals surface area contributed by atoms with Crippen molar-refractivity contribution in [3.63, 3.8) is 0 Å². The van der Waals surface area contributed by atoms with Crippen LogP contribution in [0.15, 0.2) is 76.8 Å². The van der Waals surface area contributed by atoms with E-state index >= 15 is 0 Å². The third kappa shape index (κ3) is 4.86. The molecule has 0 radical (unpaired) electrons. The molecule has 1 aromatic heterocycles. The average molecular weight is 396 g/mol. The zero-order chi connectivity index (χ0) is 19.9. The number of hydrazone groups is 1. The Morgan fingerprint density at radius 3 is 2.71 bits per heavy atom. The van der Waals surface area contributed by atoms with Crippen molar-refractivity contribution in [2.24, 2.45) is 5.10 Å². The number of nitrogens with zero attached hydrogens (tertiary/aromatic N) is 2. The van der Waals surface area contributed by atoms with E-state index in [1.807, 2.05) is 30.3 Å². The van der Waals surface area contributed by atoms with E-state index in [2.05, 4.69) is 10.5 Å². The monoisotopic (exact) mass is 395 g/mol. The smallest absolute Gasteiger partial charge is 0.276 e. The Balaban J connectivity index is 1.72. The molecule has 7 heteroatoms. The predicted octanol–water partition coefficient (Wildman–Crippen LogP) is 3.32. The van der Waals surface area contributed by atoms with Crippen LogP contribution in [0.3, 0.4) is 0 Å². The molecular weight excluding hydrogens is 378 g/mol. The fourth-order valence-electron chi connectivity index (χ4n) is 2.57. The highest BCUT2D eigenvalue weighted by atomic mass is 35.5. The number of rotatable bonds is 6. The van der Waals surface area contributed by atoms with Crippen LogP contribution >= 0.6 is 11.6 Å². The molecule has 0 saturated carbocycles. The van der Waals surface area contributed by atoms with Crippen LogP contribution in [0.4, 0.5) is 0 Å². The zero-order valence-corrected chi connectivity index (χ0v) is 15.9. The Kier molecular flexibility index (Phi) is 6.24. The fourth-order valence-corrected chi connectivity index (χ4v) is 2.69. The second-order valence-electron chi connectivity index (χ2n) is 5.96. The molecule has 1 heterocycles. The van der Waals surface area contributed by atoms with Crippen molar-refractivity contribution in [2.75, 3.05) is 7.11 Å². The first-order chi connectivity index (χ1) is 13.6. The van der Waals surface area contributed by atoms with Gasteiger partial charge in [0.15, 0.2) is 0 Å². The Labute approximate surface area is 167 Å². The van der Waals surface area contributed by atoms with Gasteiger partial charge < -0.3 is 9.30 Å². The van der Waals surface area contributed by atoms with Crippen molar-refractivity contribution in [2.45, 2.75) is 6.54 Å². The van der Waals surface area contributed by atoms with E-state index < -0.39 is 11.5 Å². The molecule has 142 valence electrons. The maximum Gasteiger partial charge on any atom is 0.276 e. The molecule has 0 unspecified atom stereocenters. The molecular formula is C21H18ClN3O3. The number of hydrogen-bond acceptors (Lipinski definition) is 4. The summed E-state index contributed by atoms with van der Waals surface area (Å²) in [4.78, 5) is 25.0. The van der Waals surface area contributed by atoms with E-state index in [-0.39, 0.29) is 5.56 Å². The van der Waals surface area contributed by atoms with E-state index in [9.17, 15) is 9.59 Å². The van der Waals surface area contributed by atoms with Crippen LogP contribution < -0.4 is 15.7 Å². The van der Waals surface area contributed by atoms with Gasteiger partial charge >= 0.3 is 0 Å². The number of methoxy groups -OCH3 is 1. The number of benzene rings is 2. The molecule has 6 nitrogen and oxygen atoms in total. The summed E-state index contributed by atoms with van der Waals surface area (Å²) in [6.45, 7) is 0.338. The summed E-state index contributed by atoms with van der Waals surface area (Å²) in [5.74, 6) is 0.109. The normalized spacial score (nSPS) is 10.8. The number of carbonyl (C=O) groups excluding carboxylic acids is 1. The minimum Gasteiger partial charge on any atom is -0.497 e. The van der Waals surface area contributed by atoms with Crippen LogP contribution in [0, 0.1) is 0 Å². The number of pyridine rings is 1. The molecule has 0 bridgehead atoms. The molecule has 0 spiro atoms. The number of nitrogens with one attached hydrogen (secondary N) is 1. The second-order valence-corrected chi connectivity index (χ2v) is 6.39. The van der Waals surface area contributed by atoms with Crippen molar-refractivity contribution in [3.05, 3.63) is 98.9 Å². The summed E-state index contributed by atoms with van der Waals surface area (Å²) < 4.78 is 6.60. The number of halogens is 1. The molecule has 0 fully saturated rings. The molecule has 3 rings (SSSR count). The van der Waals surface area contributed by atoms with Gasteiger partial charge in [0.05, 0.1) is 19.9 Å². The average Bonchev–Trinajstić information content (AvgIpc) is 2.71. The molecule has 3 aromatic rings. The maximum absolute atomic E-state index is 12.6. The second kappa shape index (κ2) is 9.01. The lowest BCUT2D eigenvalue weighted by Gasteiger charge is -2.08. The Morgan fingerprint density at radius 1 is 1.18 bits per heavy atom. The number of ether oxygens (including phenoxy) is 1. The first kappa shape index (κ1) is 19.4. The van der Waals surface area contributed by atoms with Gasteiger partial charge in [-0.25, -0.2) is 5.43 Å². The maximum atomic E-state index is 12.6. The largest absolute Gasteiger partial charge is 0.497 e. The van der Waals surface area contributed by atoms with Gasteiger partial charge in [0.1, 0.15) is 11.3 Å². The van der Waals surface area contributed by atoms with Gasteiger partial charge in [0, 0.05) is 11.2 Å². The molecule has 0 aliphatic carbocycles. The van der Waals surface area contributed by atoms with E-state index in [0.717, 1.165) is 11.1 Å². The van der Waals surface area contributed by atoms with Gasteiger partial charge in [0.25, 0.3) is 11.5 Å². The van der Waals surface area contributed by atoms with Crippen LogP contribution in [0.5, 0.6) is 5.75 Å². The number of amides is 1. The molecule has 0 atom stereocenters. The van der Waals surface area contributed by atoms with Crippen LogP contribution in [-0.2, 0) is 6.54 Å². The van der Waals surface area contributed by atoms with Crippen molar-refractivity contribution >= 4 is 23.7 Å². The molecule has 0 aliphatic heterocycles. The standard InChI is InChI=1S/C21H18ClN3O3/c1-28-18-5-2-4-16(12-18)13-23-24-20(26)19-6-3-11-25(21(19)27)14-15-7-9-17(22)10-8-15/h2-13H,14H2,1H3,(H,24,26)/b23-13-. The summed E-state index contributed by atoms with van der Waals surface area (Å²) in [5, 5.41) is 4.54. The highest BCUT2D eigenvalue weighted by molar-refractivity contribution is 6.30. The van der Waals surface area contributed by atoms with Gasteiger partial charge in [0.2, 0.25) is 0 Å². The van der Waals surface area contributed by atoms with Gasteiger partial charge in [-0.3, -0.25) is 9.59 Å². The molecule has 1 amide bonds. The first-order valence-electron chi connectivity index (χ1n) is 8.48. The highest BCUT2D eigenvalue weighted by Crippen LogP contribution is 2.11. The summed E-state index contributed by atoms with van der Waals surface area (Å²) in [6.07, 6.45) is 3.11. The Hall–Kier alpha value is -3.38. The van der Waals surface area contributed by atoms with Gasteiger partial charge in [-0.15, -0.1) is 0 Å². The predicted molar refractivity (Wildman–Crippen MR) is 109 cm³/mol. The van der Waals surface area contributed by atoms with Gasteiger partial charge in [-0.1, -0.05) is 35.9 Å². The third-order valence-electron chi connectivity index (χ3n) is 4.00. The minimum absolute atomic E-state index is 0.0132. The molecule has 0 saturated heterocycles.